The lowest BCUT2D eigenvalue weighted by atomic mass is 9.81. The van der Waals surface area contributed by atoms with E-state index in [0.717, 1.165) is 16.6 Å². The van der Waals surface area contributed by atoms with Gasteiger partial charge in [-0.25, -0.2) is 0 Å². The zero-order chi connectivity index (χ0) is 16.1. The Morgan fingerprint density at radius 1 is 0.833 bits per heavy atom. The van der Waals surface area contributed by atoms with Gasteiger partial charge < -0.3 is 10.2 Å². The van der Waals surface area contributed by atoms with E-state index >= 15 is 0 Å². The molecule has 0 aliphatic heterocycles. The third-order valence-electron chi connectivity index (χ3n) is 5.61. The second kappa shape index (κ2) is 5.27. The summed E-state index contributed by atoms with van der Waals surface area (Å²) in [6.45, 7) is 0. The molecule has 5 rings (SSSR count). The molecule has 2 N–H and O–H groups in total. The van der Waals surface area contributed by atoms with Crippen molar-refractivity contribution in [2.24, 2.45) is 0 Å². The molecule has 1 aliphatic rings. The highest BCUT2D eigenvalue weighted by Gasteiger charge is 2.20. The van der Waals surface area contributed by atoms with E-state index in [2.05, 4.69) is 36.4 Å². The minimum absolute atomic E-state index is 0.666. The van der Waals surface area contributed by atoms with Crippen LogP contribution in [0.2, 0.25) is 0 Å². The Kier molecular flexibility index (Phi) is 3.05. The molecule has 2 heteroatoms. The van der Waals surface area contributed by atoms with Gasteiger partial charge >= 0.3 is 0 Å². The molecule has 1 aliphatic carbocycles. The van der Waals surface area contributed by atoms with Gasteiger partial charge in [-0.15, -0.1) is 0 Å². The van der Waals surface area contributed by atoms with Crippen molar-refractivity contribution in [3.63, 3.8) is 0 Å². The van der Waals surface area contributed by atoms with Gasteiger partial charge in [0.05, 0.1) is 5.69 Å². The molecule has 0 unspecified atom stereocenters. The molecule has 1 fully saturated rings. The van der Waals surface area contributed by atoms with Crippen LogP contribution in [0.5, 0.6) is 0 Å². The molecule has 2 nitrogen and oxygen atoms in total. The van der Waals surface area contributed by atoms with E-state index in [0.29, 0.717) is 11.6 Å². The van der Waals surface area contributed by atoms with Gasteiger partial charge in [0, 0.05) is 10.8 Å². The average molecular weight is 315 g/mol. The highest BCUT2D eigenvalue weighted by molar-refractivity contribution is 6.21. The van der Waals surface area contributed by atoms with Gasteiger partial charge in [0.25, 0.3) is 0 Å². The average Bonchev–Trinajstić information content (AvgIpc) is 3.02. The van der Waals surface area contributed by atoms with Gasteiger partial charge in [-0.1, -0.05) is 55.7 Å². The van der Waals surface area contributed by atoms with Gasteiger partial charge in [-0.2, -0.15) is 0 Å². The van der Waals surface area contributed by atoms with E-state index in [1.54, 1.807) is 0 Å². The molecule has 3 aromatic carbocycles. The summed E-state index contributed by atoms with van der Waals surface area (Å²) in [6, 6.07) is 17.1. The maximum Gasteiger partial charge on any atom is 0.158 e. The van der Waals surface area contributed by atoms with Crippen LogP contribution in [0, 0.1) is 0 Å². The molecule has 4 aromatic rings. The van der Waals surface area contributed by atoms with Gasteiger partial charge in [0.2, 0.25) is 0 Å². The first-order valence-corrected chi connectivity index (χ1v) is 8.95. The predicted octanol–water partition coefficient (Wildman–Crippen LogP) is 6.37. The van der Waals surface area contributed by atoms with Crippen molar-refractivity contribution in [3.8, 4) is 0 Å². The van der Waals surface area contributed by atoms with E-state index in [-0.39, 0.29) is 0 Å². The predicted molar refractivity (Wildman–Crippen MR) is 101 cm³/mol. The Morgan fingerprint density at radius 3 is 2.54 bits per heavy atom. The lowest BCUT2D eigenvalue weighted by molar-refractivity contribution is 0.445. The van der Waals surface area contributed by atoms with Crippen molar-refractivity contribution >= 4 is 38.4 Å². The van der Waals surface area contributed by atoms with Gasteiger partial charge in [0.1, 0.15) is 5.58 Å². The Labute approximate surface area is 141 Å². The first kappa shape index (κ1) is 13.9. The van der Waals surface area contributed by atoms with Crippen molar-refractivity contribution in [3.05, 3.63) is 54.1 Å². The number of nitrogens with two attached hydrogens (primary N) is 1. The molecule has 0 radical (unpaired) electrons. The number of para-hydroxylation sites is 1. The second-order valence-corrected chi connectivity index (χ2v) is 7.04. The van der Waals surface area contributed by atoms with Crippen molar-refractivity contribution in [2.45, 2.75) is 38.0 Å². The second-order valence-electron chi connectivity index (χ2n) is 7.04. The van der Waals surface area contributed by atoms with Crippen molar-refractivity contribution in [1.29, 1.82) is 0 Å². The number of rotatable bonds is 1. The molecule has 0 saturated heterocycles. The Balaban J connectivity index is 1.92. The number of hydrogen-bond donors (Lipinski definition) is 1. The minimum Gasteiger partial charge on any atom is -0.454 e. The molecule has 120 valence electrons. The Hall–Kier alpha value is -2.48. The number of fused-ring (bicyclic) bond motifs is 5. The summed E-state index contributed by atoms with van der Waals surface area (Å²) in [5, 5.41) is 5.04. The van der Waals surface area contributed by atoms with Crippen LogP contribution < -0.4 is 5.73 Å². The Bertz CT molecular complexity index is 1050. The third kappa shape index (κ3) is 1.96. The molecule has 1 saturated carbocycles. The van der Waals surface area contributed by atoms with E-state index in [4.69, 9.17) is 10.2 Å². The van der Waals surface area contributed by atoms with Crippen molar-refractivity contribution < 1.29 is 4.42 Å². The zero-order valence-electron chi connectivity index (χ0n) is 13.7. The van der Waals surface area contributed by atoms with Crippen molar-refractivity contribution in [2.75, 3.05) is 5.73 Å². The van der Waals surface area contributed by atoms with Crippen molar-refractivity contribution in [1.82, 2.24) is 0 Å². The molecule has 0 atom stereocenters. The van der Waals surface area contributed by atoms with Gasteiger partial charge in [-0.3, -0.25) is 0 Å². The largest absolute Gasteiger partial charge is 0.454 e. The smallest absolute Gasteiger partial charge is 0.158 e. The zero-order valence-corrected chi connectivity index (χ0v) is 13.7. The summed E-state index contributed by atoms with van der Waals surface area (Å²) in [4.78, 5) is 0. The maximum absolute atomic E-state index is 6.15. The van der Waals surface area contributed by atoms with Crippen LogP contribution in [-0.2, 0) is 0 Å². The highest BCUT2D eigenvalue weighted by atomic mass is 16.3. The summed E-state index contributed by atoms with van der Waals surface area (Å²) in [6.07, 6.45) is 6.66. The summed E-state index contributed by atoms with van der Waals surface area (Å²) in [5.74, 6) is 0.666. The molecule has 24 heavy (non-hydrogen) atoms. The maximum atomic E-state index is 6.15. The lowest BCUT2D eigenvalue weighted by Gasteiger charge is -2.23. The SMILES string of the molecule is Nc1cccc2c1oc1ccc3cccc(C4CCCCC4)c3c12. The summed E-state index contributed by atoms with van der Waals surface area (Å²) >= 11 is 0. The van der Waals surface area contributed by atoms with E-state index in [1.165, 1.54) is 53.8 Å². The number of benzene rings is 3. The molecule has 1 heterocycles. The van der Waals surface area contributed by atoms with Gasteiger partial charge in [0.15, 0.2) is 5.58 Å². The first-order valence-electron chi connectivity index (χ1n) is 8.95. The van der Waals surface area contributed by atoms with Crippen LogP contribution in [0.4, 0.5) is 5.69 Å². The monoisotopic (exact) mass is 315 g/mol. The topological polar surface area (TPSA) is 39.2 Å². The molecule has 0 bridgehead atoms. The number of anilines is 1. The number of nitrogen functional groups attached to an aromatic ring is 1. The van der Waals surface area contributed by atoms with E-state index in [1.807, 2.05) is 12.1 Å². The van der Waals surface area contributed by atoms with Crippen LogP contribution in [-0.4, -0.2) is 0 Å². The fourth-order valence-electron chi connectivity index (χ4n) is 4.47. The molecule has 1 aromatic heterocycles. The van der Waals surface area contributed by atoms with Crippen LogP contribution >= 0.6 is 0 Å². The third-order valence-corrected chi connectivity index (χ3v) is 5.61. The van der Waals surface area contributed by atoms with Crippen LogP contribution in [0.3, 0.4) is 0 Å². The highest BCUT2D eigenvalue weighted by Crippen LogP contribution is 2.42. The molecule has 0 spiro atoms. The number of hydrogen-bond acceptors (Lipinski definition) is 2. The molecular weight excluding hydrogens is 294 g/mol. The van der Waals surface area contributed by atoms with Crippen LogP contribution in [0.1, 0.15) is 43.6 Å². The van der Waals surface area contributed by atoms with E-state index in [9.17, 15) is 0 Å². The van der Waals surface area contributed by atoms with Crippen LogP contribution in [0.25, 0.3) is 32.7 Å². The van der Waals surface area contributed by atoms with Gasteiger partial charge in [-0.05, 0) is 47.2 Å². The molecule has 0 amide bonds. The van der Waals surface area contributed by atoms with Crippen LogP contribution in [0.15, 0.2) is 52.9 Å². The molecular formula is C22H21NO. The minimum atomic E-state index is 0.666. The Morgan fingerprint density at radius 2 is 1.67 bits per heavy atom. The summed E-state index contributed by atoms with van der Waals surface area (Å²) in [5.41, 5.74) is 10.1. The summed E-state index contributed by atoms with van der Waals surface area (Å²) < 4.78 is 6.11. The number of furan rings is 1. The standard InChI is InChI=1S/C22H21NO/c23-18-11-5-10-17-21-19(24-22(17)18)13-12-15-8-4-9-16(20(15)21)14-6-2-1-3-7-14/h4-5,8-14H,1-3,6-7,23H2. The quantitative estimate of drug-likeness (QED) is 0.414. The first-order chi connectivity index (χ1) is 11.8. The lowest BCUT2D eigenvalue weighted by Crippen LogP contribution is -2.05. The van der Waals surface area contributed by atoms with E-state index < -0.39 is 0 Å². The normalized spacial score (nSPS) is 16.3. The fraction of sp³-hybridized carbons (Fsp3) is 0.273. The summed E-state index contributed by atoms with van der Waals surface area (Å²) in [7, 11) is 0. The fourth-order valence-corrected chi connectivity index (χ4v) is 4.47.